The molecule has 4 aromatic carbocycles. The summed E-state index contributed by atoms with van der Waals surface area (Å²) in [5.41, 5.74) is 3.06. The van der Waals surface area contributed by atoms with Gasteiger partial charge in [0.1, 0.15) is 12.4 Å². The molecule has 0 aliphatic rings. The summed E-state index contributed by atoms with van der Waals surface area (Å²) >= 11 is 15.8. The first-order valence-corrected chi connectivity index (χ1v) is 10.7. The van der Waals surface area contributed by atoms with Gasteiger partial charge in [0.25, 0.3) is 0 Å². The first-order valence-electron chi connectivity index (χ1n) is 9.17. The quantitative estimate of drug-likeness (QED) is 0.297. The third-order valence-corrected chi connectivity index (χ3v) is 6.16. The van der Waals surface area contributed by atoms with E-state index in [-0.39, 0.29) is 0 Å². The fourth-order valence-electron chi connectivity index (χ4n) is 3.20. The van der Waals surface area contributed by atoms with Crippen LogP contribution in [0.3, 0.4) is 0 Å². The molecule has 0 aliphatic heterocycles. The van der Waals surface area contributed by atoms with Crippen molar-refractivity contribution in [3.63, 3.8) is 0 Å². The Morgan fingerprint density at radius 3 is 2.52 bits per heavy atom. The molecule has 0 saturated carbocycles. The van der Waals surface area contributed by atoms with E-state index in [0.29, 0.717) is 23.2 Å². The SMILES string of the molecule is Clc1ccc(OCc2cccc3ccccc23)c(CNc2ccc(Br)c(Cl)c2)c1. The molecule has 4 aromatic rings. The maximum absolute atomic E-state index is 6.23. The van der Waals surface area contributed by atoms with Crippen molar-refractivity contribution in [2.75, 3.05) is 5.32 Å². The second kappa shape index (κ2) is 9.08. The number of rotatable bonds is 6. The summed E-state index contributed by atoms with van der Waals surface area (Å²) in [6.07, 6.45) is 0. The highest BCUT2D eigenvalue weighted by Gasteiger charge is 2.08. The number of fused-ring (bicyclic) bond motifs is 1. The topological polar surface area (TPSA) is 21.3 Å². The maximum Gasteiger partial charge on any atom is 0.124 e. The Morgan fingerprint density at radius 2 is 1.66 bits per heavy atom. The Kier molecular flexibility index (Phi) is 6.29. The van der Waals surface area contributed by atoms with Gasteiger partial charge in [0.2, 0.25) is 0 Å². The van der Waals surface area contributed by atoms with Crippen LogP contribution in [0.5, 0.6) is 5.75 Å². The third kappa shape index (κ3) is 4.87. The van der Waals surface area contributed by atoms with Gasteiger partial charge in [-0.25, -0.2) is 0 Å². The lowest BCUT2D eigenvalue weighted by atomic mass is 10.1. The Hall–Kier alpha value is -2.20. The predicted octanol–water partition coefficient (Wildman–Crippen LogP) is 8.10. The van der Waals surface area contributed by atoms with E-state index >= 15 is 0 Å². The highest BCUT2D eigenvalue weighted by atomic mass is 79.9. The van der Waals surface area contributed by atoms with Crippen LogP contribution >= 0.6 is 39.1 Å². The minimum absolute atomic E-state index is 0.486. The van der Waals surface area contributed by atoms with Gasteiger partial charge < -0.3 is 10.1 Å². The summed E-state index contributed by atoms with van der Waals surface area (Å²) in [7, 11) is 0. The molecule has 0 spiro atoms. The fourth-order valence-corrected chi connectivity index (χ4v) is 3.83. The highest BCUT2D eigenvalue weighted by Crippen LogP contribution is 2.29. The van der Waals surface area contributed by atoms with E-state index in [9.17, 15) is 0 Å². The van der Waals surface area contributed by atoms with Crippen molar-refractivity contribution in [1.29, 1.82) is 0 Å². The van der Waals surface area contributed by atoms with Crippen LogP contribution in [0.15, 0.2) is 83.3 Å². The van der Waals surface area contributed by atoms with Crippen LogP contribution in [0.1, 0.15) is 11.1 Å². The standard InChI is InChI=1S/C24H18BrCl2NO/c25-22-10-9-20(13-23(22)27)28-14-18-12-19(26)8-11-24(18)29-15-17-6-3-5-16-4-1-2-7-21(16)17/h1-13,28H,14-15H2. The Bertz CT molecular complexity index is 1160. The Labute approximate surface area is 188 Å². The van der Waals surface area contributed by atoms with E-state index in [0.717, 1.165) is 27.0 Å². The van der Waals surface area contributed by atoms with Crippen LogP contribution in [-0.2, 0) is 13.2 Å². The summed E-state index contributed by atoms with van der Waals surface area (Å²) in [6, 6.07) is 26.0. The smallest absolute Gasteiger partial charge is 0.124 e. The molecule has 0 saturated heterocycles. The van der Waals surface area contributed by atoms with Crippen LogP contribution in [0, 0.1) is 0 Å². The molecule has 2 nitrogen and oxygen atoms in total. The largest absolute Gasteiger partial charge is 0.489 e. The van der Waals surface area contributed by atoms with E-state index in [1.807, 2.05) is 48.5 Å². The van der Waals surface area contributed by atoms with E-state index < -0.39 is 0 Å². The molecule has 5 heteroatoms. The van der Waals surface area contributed by atoms with Crippen LogP contribution in [-0.4, -0.2) is 0 Å². The minimum atomic E-state index is 0.486. The lowest BCUT2D eigenvalue weighted by Crippen LogP contribution is -2.04. The van der Waals surface area contributed by atoms with Crippen molar-refractivity contribution in [2.24, 2.45) is 0 Å². The molecule has 0 unspecified atom stereocenters. The van der Waals surface area contributed by atoms with Gasteiger partial charge in [-0.1, -0.05) is 65.7 Å². The molecule has 146 valence electrons. The van der Waals surface area contributed by atoms with Gasteiger partial charge in [-0.15, -0.1) is 0 Å². The first kappa shape index (κ1) is 20.1. The molecule has 0 radical (unpaired) electrons. The van der Waals surface area contributed by atoms with Crippen molar-refractivity contribution in [3.05, 3.63) is 105 Å². The summed E-state index contributed by atoms with van der Waals surface area (Å²) in [5.74, 6) is 0.804. The number of nitrogens with one attached hydrogen (secondary N) is 1. The zero-order chi connectivity index (χ0) is 20.2. The summed E-state index contributed by atoms with van der Waals surface area (Å²) < 4.78 is 7.05. The van der Waals surface area contributed by atoms with E-state index in [2.05, 4.69) is 51.6 Å². The molecule has 0 bridgehead atoms. The molecular formula is C24H18BrCl2NO. The summed E-state index contributed by atoms with van der Waals surface area (Å²) in [6.45, 7) is 1.06. The minimum Gasteiger partial charge on any atom is -0.489 e. The molecule has 0 atom stereocenters. The zero-order valence-electron chi connectivity index (χ0n) is 15.5. The van der Waals surface area contributed by atoms with E-state index in [1.54, 1.807) is 0 Å². The number of ether oxygens (including phenoxy) is 1. The van der Waals surface area contributed by atoms with Gasteiger partial charge >= 0.3 is 0 Å². The zero-order valence-corrected chi connectivity index (χ0v) is 18.6. The van der Waals surface area contributed by atoms with Crippen molar-refractivity contribution < 1.29 is 4.74 Å². The Morgan fingerprint density at radius 1 is 0.828 bits per heavy atom. The number of hydrogen-bond donors (Lipinski definition) is 1. The molecule has 1 N–H and O–H groups in total. The van der Waals surface area contributed by atoms with Gasteiger partial charge in [-0.05, 0) is 68.7 Å². The van der Waals surface area contributed by atoms with Crippen molar-refractivity contribution in [3.8, 4) is 5.75 Å². The van der Waals surface area contributed by atoms with Gasteiger partial charge in [-0.3, -0.25) is 0 Å². The van der Waals surface area contributed by atoms with Crippen molar-refractivity contribution in [1.82, 2.24) is 0 Å². The third-order valence-electron chi connectivity index (χ3n) is 4.69. The Balaban J connectivity index is 1.52. The molecule has 0 heterocycles. The second-order valence-electron chi connectivity index (χ2n) is 6.66. The fraction of sp³-hybridized carbons (Fsp3) is 0.0833. The number of halogens is 3. The van der Waals surface area contributed by atoms with Gasteiger partial charge in [0, 0.05) is 27.3 Å². The number of benzene rings is 4. The molecule has 0 aromatic heterocycles. The van der Waals surface area contributed by atoms with Crippen LogP contribution in [0.4, 0.5) is 5.69 Å². The van der Waals surface area contributed by atoms with Crippen molar-refractivity contribution in [2.45, 2.75) is 13.2 Å². The van der Waals surface area contributed by atoms with Crippen LogP contribution in [0.2, 0.25) is 10.0 Å². The maximum atomic E-state index is 6.23. The average molecular weight is 487 g/mol. The number of anilines is 1. The van der Waals surface area contributed by atoms with Gasteiger partial charge in [0.15, 0.2) is 0 Å². The van der Waals surface area contributed by atoms with Gasteiger partial charge in [0.05, 0.1) is 5.02 Å². The first-order chi connectivity index (χ1) is 14.1. The van der Waals surface area contributed by atoms with Crippen molar-refractivity contribution >= 4 is 55.6 Å². The molecule has 0 fully saturated rings. The second-order valence-corrected chi connectivity index (χ2v) is 8.36. The van der Waals surface area contributed by atoms with Crippen LogP contribution in [0.25, 0.3) is 10.8 Å². The molecule has 4 rings (SSSR count). The average Bonchev–Trinajstić information content (AvgIpc) is 2.74. The number of hydrogen-bond acceptors (Lipinski definition) is 2. The molecule has 0 amide bonds. The van der Waals surface area contributed by atoms with E-state index in [1.165, 1.54) is 10.8 Å². The predicted molar refractivity (Wildman–Crippen MR) is 126 cm³/mol. The molecule has 0 aliphatic carbocycles. The summed E-state index contributed by atoms with van der Waals surface area (Å²) in [5, 5.41) is 7.12. The lowest BCUT2D eigenvalue weighted by Gasteiger charge is -2.15. The lowest BCUT2D eigenvalue weighted by molar-refractivity contribution is 0.305. The van der Waals surface area contributed by atoms with E-state index in [4.69, 9.17) is 27.9 Å². The monoisotopic (exact) mass is 485 g/mol. The normalized spacial score (nSPS) is 10.9. The van der Waals surface area contributed by atoms with Crippen LogP contribution < -0.4 is 10.1 Å². The molecule has 29 heavy (non-hydrogen) atoms. The molecular weight excluding hydrogens is 469 g/mol. The van der Waals surface area contributed by atoms with Gasteiger partial charge in [-0.2, -0.15) is 0 Å². The highest BCUT2D eigenvalue weighted by molar-refractivity contribution is 9.10. The summed E-state index contributed by atoms with van der Waals surface area (Å²) in [4.78, 5) is 0.